The first kappa shape index (κ1) is 17.7. The van der Waals surface area contributed by atoms with Gasteiger partial charge < -0.3 is 15.7 Å². The zero-order valence-corrected chi connectivity index (χ0v) is 14.5. The summed E-state index contributed by atoms with van der Waals surface area (Å²) < 4.78 is 1.21. The Balaban J connectivity index is 1.71. The summed E-state index contributed by atoms with van der Waals surface area (Å²) in [6, 6.07) is 7.96. The fraction of sp³-hybridized carbons (Fsp3) is 0.529. The van der Waals surface area contributed by atoms with E-state index in [1.165, 1.54) is 4.70 Å². The molecule has 126 valence electrons. The van der Waals surface area contributed by atoms with E-state index in [1.54, 1.807) is 11.3 Å². The molecule has 3 N–H and O–H groups in total. The van der Waals surface area contributed by atoms with Crippen molar-refractivity contribution in [2.45, 2.75) is 39.2 Å². The second kappa shape index (κ2) is 8.84. The molecule has 0 aliphatic rings. The number of carbonyl (C=O) groups is 1. The van der Waals surface area contributed by atoms with E-state index in [1.807, 2.05) is 32.0 Å². The second-order valence-electron chi connectivity index (χ2n) is 5.94. The van der Waals surface area contributed by atoms with Gasteiger partial charge in [0.1, 0.15) is 0 Å². The van der Waals surface area contributed by atoms with Crippen LogP contribution >= 0.6 is 11.3 Å². The first-order valence-corrected chi connectivity index (χ1v) is 8.91. The third kappa shape index (κ3) is 5.48. The molecular weight excluding hydrogens is 310 g/mol. The van der Waals surface area contributed by atoms with E-state index in [4.69, 9.17) is 5.11 Å². The summed E-state index contributed by atoms with van der Waals surface area (Å²) in [6.45, 7) is 4.77. The monoisotopic (exact) mass is 335 g/mol. The van der Waals surface area contributed by atoms with E-state index < -0.39 is 0 Å². The van der Waals surface area contributed by atoms with E-state index in [0.29, 0.717) is 18.9 Å². The highest BCUT2D eigenvalue weighted by Crippen LogP contribution is 2.22. The third-order valence-corrected chi connectivity index (χ3v) is 4.85. The van der Waals surface area contributed by atoms with Crippen molar-refractivity contribution in [1.29, 1.82) is 0 Å². The Morgan fingerprint density at radius 1 is 1.35 bits per heavy atom. The molecule has 1 heterocycles. The molecule has 5 nitrogen and oxygen atoms in total. The summed E-state index contributed by atoms with van der Waals surface area (Å²) in [5, 5.41) is 15.9. The lowest BCUT2D eigenvalue weighted by Crippen LogP contribution is -2.45. The van der Waals surface area contributed by atoms with Crippen molar-refractivity contribution < 1.29 is 9.90 Å². The number of nitrogens with zero attached hydrogens (tertiary/aromatic N) is 1. The number of hydrogen-bond donors (Lipinski definition) is 3. The van der Waals surface area contributed by atoms with E-state index in [9.17, 15) is 4.79 Å². The van der Waals surface area contributed by atoms with Crippen LogP contribution in [0.2, 0.25) is 0 Å². The molecule has 0 saturated carbocycles. The predicted octanol–water partition coefficient (Wildman–Crippen LogP) is 2.94. The van der Waals surface area contributed by atoms with Gasteiger partial charge in [-0.1, -0.05) is 26.0 Å². The number of thiazole rings is 1. The lowest BCUT2D eigenvalue weighted by Gasteiger charge is -2.21. The number of fused-ring (bicyclic) bond motifs is 1. The van der Waals surface area contributed by atoms with Gasteiger partial charge in [-0.3, -0.25) is 0 Å². The third-order valence-electron chi connectivity index (χ3n) is 3.75. The number of urea groups is 1. The van der Waals surface area contributed by atoms with Gasteiger partial charge in [0, 0.05) is 25.6 Å². The molecule has 0 fully saturated rings. The summed E-state index contributed by atoms with van der Waals surface area (Å²) in [5.41, 5.74) is 1.04. The van der Waals surface area contributed by atoms with Crippen molar-refractivity contribution >= 4 is 27.6 Å². The standard InChI is InChI=1S/C17H25N3O2S/c1-12(2)13(9-11-21)20-17(22)18-10-5-8-16-19-14-6-3-4-7-15(14)23-16/h3-4,6-7,12-13,21H,5,8-11H2,1-2H3,(H2,18,20,22). The first-order chi connectivity index (χ1) is 11.1. The maximum Gasteiger partial charge on any atom is 0.315 e. The highest BCUT2D eigenvalue weighted by atomic mass is 32.1. The number of aliphatic hydroxyl groups excluding tert-OH is 1. The molecule has 1 atom stereocenters. The minimum Gasteiger partial charge on any atom is -0.396 e. The summed E-state index contributed by atoms with van der Waals surface area (Å²) in [7, 11) is 0. The average molecular weight is 335 g/mol. The molecule has 1 aromatic carbocycles. The van der Waals surface area contributed by atoms with E-state index in [-0.39, 0.29) is 18.7 Å². The van der Waals surface area contributed by atoms with Crippen molar-refractivity contribution in [1.82, 2.24) is 15.6 Å². The number of aromatic nitrogens is 1. The van der Waals surface area contributed by atoms with Crippen molar-refractivity contribution in [3.63, 3.8) is 0 Å². The molecule has 0 aliphatic heterocycles. The summed E-state index contributed by atoms with van der Waals surface area (Å²) in [5.74, 6) is 0.302. The fourth-order valence-electron chi connectivity index (χ4n) is 2.40. The molecule has 2 rings (SSSR count). The van der Waals surface area contributed by atoms with Gasteiger partial charge >= 0.3 is 6.03 Å². The van der Waals surface area contributed by atoms with Gasteiger partial charge in [0.05, 0.1) is 15.2 Å². The Labute approximate surface area is 141 Å². The van der Waals surface area contributed by atoms with Crippen LogP contribution in [0.4, 0.5) is 4.79 Å². The molecule has 1 unspecified atom stereocenters. The maximum atomic E-state index is 11.9. The summed E-state index contributed by atoms with van der Waals surface area (Å²) in [6.07, 6.45) is 2.31. The van der Waals surface area contributed by atoms with Crippen LogP contribution in [0.3, 0.4) is 0 Å². The van der Waals surface area contributed by atoms with Crippen molar-refractivity contribution in [3.8, 4) is 0 Å². The number of rotatable bonds is 8. The molecule has 2 amide bonds. The summed E-state index contributed by atoms with van der Waals surface area (Å²) >= 11 is 1.71. The van der Waals surface area contributed by atoms with Gasteiger partial charge in [-0.15, -0.1) is 11.3 Å². The average Bonchev–Trinajstić information content (AvgIpc) is 2.93. The van der Waals surface area contributed by atoms with Gasteiger partial charge in [-0.2, -0.15) is 0 Å². The zero-order valence-electron chi connectivity index (χ0n) is 13.7. The Kier molecular flexibility index (Phi) is 6.80. The zero-order chi connectivity index (χ0) is 16.7. The molecule has 1 aromatic heterocycles. The number of benzene rings is 1. The highest BCUT2D eigenvalue weighted by molar-refractivity contribution is 7.18. The molecule has 0 bridgehead atoms. The Bertz CT molecular complexity index is 594. The quantitative estimate of drug-likeness (QED) is 0.649. The minimum absolute atomic E-state index is 0.00395. The predicted molar refractivity (Wildman–Crippen MR) is 94.8 cm³/mol. The maximum absolute atomic E-state index is 11.9. The smallest absolute Gasteiger partial charge is 0.315 e. The molecule has 0 spiro atoms. The largest absolute Gasteiger partial charge is 0.396 e. The molecular formula is C17H25N3O2S. The van der Waals surface area contributed by atoms with Gasteiger partial charge in [0.15, 0.2) is 0 Å². The van der Waals surface area contributed by atoms with Crippen LogP contribution in [0, 0.1) is 5.92 Å². The van der Waals surface area contributed by atoms with Crippen LogP contribution in [0.5, 0.6) is 0 Å². The second-order valence-corrected chi connectivity index (χ2v) is 7.06. The van der Waals surface area contributed by atoms with Gasteiger partial charge in [0.2, 0.25) is 0 Å². The fourth-order valence-corrected chi connectivity index (χ4v) is 3.41. The minimum atomic E-state index is -0.165. The van der Waals surface area contributed by atoms with Crippen molar-refractivity contribution in [3.05, 3.63) is 29.3 Å². The topological polar surface area (TPSA) is 74.2 Å². The first-order valence-electron chi connectivity index (χ1n) is 8.10. The van der Waals surface area contributed by atoms with E-state index >= 15 is 0 Å². The molecule has 0 aliphatic carbocycles. The number of amides is 2. The van der Waals surface area contributed by atoms with Crippen LogP contribution in [-0.4, -0.2) is 35.3 Å². The Morgan fingerprint density at radius 3 is 2.83 bits per heavy atom. The lowest BCUT2D eigenvalue weighted by molar-refractivity contribution is 0.219. The normalized spacial score (nSPS) is 12.5. The number of hydrogen-bond acceptors (Lipinski definition) is 4. The van der Waals surface area contributed by atoms with Crippen molar-refractivity contribution in [2.75, 3.05) is 13.2 Å². The number of aryl methyl sites for hydroxylation is 1. The molecule has 2 aromatic rings. The van der Waals surface area contributed by atoms with Crippen LogP contribution in [0.1, 0.15) is 31.7 Å². The Morgan fingerprint density at radius 2 is 2.13 bits per heavy atom. The Hall–Kier alpha value is -1.66. The molecule has 0 radical (unpaired) electrons. The highest BCUT2D eigenvalue weighted by Gasteiger charge is 2.15. The SMILES string of the molecule is CC(C)C(CCO)NC(=O)NCCCc1nc2ccccc2s1. The van der Waals surface area contributed by atoms with Gasteiger partial charge in [-0.25, -0.2) is 9.78 Å². The van der Waals surface area contributed by atoms with Crippen LogP contribution in [0.25, 0.3) is 10.2 Å². The molecule has 23 heavy (non-hydrogen) atoms. The van der Waals surface area contributed by atoms with Crippen LogP contribution < -0.4 is 10.6 Å². The van der Waals surface area contributed by atoms with E-state index in [2.05, 4.69) is 21.7 Å². The van der Waals surface area contributed by atoms with Crippen LogP contribution in [0.15, 0.2) is 24.3 Å². The number of nitrogens with one attached hydrogen (secondary N) is 2. The van der Waals surface area contributed by atoms with E-state index in [0.717, 1.165) is 23.4 Å². The van der Waals surface area contributed by atoms with Crippen molar-refractivity contribution in [2.24, 2.45) is 5.92 Å². The number of para-hydroxylation sites is 1. The van der Waals surface area contributed by atoms with Gasteiger partial charge in [-0.05, 0) is 30.9 Å². The number of carbonyl (C=O) groups excluding carboxylic acids is 1. The summed E-state index contributed by atoms with van der Waals surface area (Å²) in [4.78, 5) is 16.5. The molecule has 6 heteroatoms. The lowest BCUT2D eigenvalue weighted by atomic mass is 10.0. The molecule has 0 saturated heterocycles. The van der Waals surface area contributed by atoms with Crippen LogP contribution in [-0.2, 0) is 6.42 Å². The number of aliphatic hydroxyl groups is 1. The van der Waals surface area contributed by atoms with Gasteiger partial charge in [0.25, 0.3) is 0 Å².